The van der Waals surface area contributed by atoms with Crippen molar-refractivity contribution in [3.05, 3.63) is 0 Å². The Balaban J connectivity index is 3.03. The molecule has 18 heavy (non-hydrogen) atoms. The Morgan fingerprint density at radius 2 is 1.50 bits per heavy atom. The highest BCUT2D eigenvalue weighted by atomic mass is 16.6. The normalized spacial score (nSPS) is 22.8. The standard InChI is InChI=1S/C14H25NO3/c1-12(2,3)18-11(17)15-13(4,5)8-10(16)9-14(15,6)7/h8-9H2,1-7H3. The topological polar surface area (TPSA) is 46.6 Å². The molecule has 0 aromatic heterocycles. The highest BCUT2D eigenvalue weighted by Crippen LogP contribution is 2.37. The van der Waals surface area contributed by atoms with Gasteiger partial charge in [0.15, 0.2) is 0 Å². The van der Waals surface area contributed by atoms with Gasteiger partial charge in [-0.25, -0.2) is 4.79 Å². The van der Waals surface area contributed by atoms with E-state index in [9.17, 15) is 9.59 Å². The van der Waals surface area contributed by atoms with Gasteiger partial charge in [0.1, 0.15) is 11.4 Å². The summed E-state index contributed by atoms with van der Waals surface area (Å²) in [4.78, 5) is 25.8. The first kappa shape index (κ1) is 15.0. The maximum Gasteiger partial charge on any atom is 0.411 e. The van der Waals surface area contributed by atoms with E-state index in [2.05, 4.69) is 0 Å². The molecular formula is C14H25NO3. The molecule has 4 nitrogen and oxygen atoms in total. The number of ketones is 1. The number of likely N-dealkylation sites (tertiary alicyclic amines) is 1. The van der Waals surface area contributed by atoms with E-state index in [1.807, 2.05) is 48.5 Å². The van der Waals surface area contributed by atoms with Crippen LogP contribution in [0.1, 0.15) is 61.3 Å². The molecule has 0 N–H and O–H groups in total. The molecule has 1 aliphatic heterocycles. The fourth-order valence-electron chi connectivity index (χ4n) is 2.81. The van der Waals surface area contributed by atoms with E-state index in [0.29, 0.717) is 12.8 Å². The summed E-state index contributed by atoms with van der Waals surface area (Å²) in [5, 5.41) is 0. The van der Waals surface area contributed by atoms with Crippen molar-refractivity contribution < 1.29 is 14.3 Å². The summed E-state index contributed by atoms with van der Waals surface area (Å²) >= 11 is 0. The molecule has 0 spiro atoms. The lowest BCUT2D eigenvalue weighted by Gasteiger charge is -2.51. The molecule has 1 saturated heterocycles. The molecule has 0 bridgehead atoms. The second kappa shape index (κ2) is 4.25. The molecule has 0 atom stereocenters. The first-order chi connectivity index (χ1) is 7.85. The lowest BCUT2D eigenvalue weighted by Crippen LogP contribution is -2.63. The summed E-state index contributed by atoms with van der Waals surface area (Å²) in [5.41, 5.74) is -1.52. The largest absolute Gasteiger partial charge is 0.444 e. The van der Waals surface area contributed by atoms with Crippen LogP contribution >= 0.6 is 0 Å². The third-order valence-electron chi connectivity index (χ3n) is 3.05. The number of ether oxygens (including phenoxy) is 1. The second-order valence-corrected chi connectivity index (χ2v) is 7.33. The molecule has 0 aromatic rings. The van der Waals surface area contributed by atoms with E-state index in [-0.39, 0.29) is 11.9 Å². The highest BCUT2D eigenvalue weighted by molar-refractivity contribution is 5.84. The number of hydrogen-bond donors (Lipinski definition) is 0. The average Bonchev–Trinajstić information content (AvgIpc) is 1.90. The van der Waals surface area contributed by atoms with Crippen molar-refractivity contribution in [2.75, 3.05) is 0 Å². The molecule has 0 aromatic carbocycles. The van der Waals surface area contributed by atoms with Crippen LogP contribution in [0.4, 0.5) is 4.79 Å². The van der Waals surface area contributed by atoms with Crippen LogP contribution in [0.15, 0.2) is 0 Å². The maximum atomic E-state index is 12.3. The molecule has 0 aliphatic carbocycles. The van der Waals surface area contributed by atoms with Gasteiger partial charge >= 0.3 is 6.09 Å². The van der Waals surface area contributed by atoms with Gasteiger partial charge in [-0.05, 0) is 48.5 Å². The quantitative estimate of drug-likeness (QED) is 0.668. The van der Waals surface area contributed by atoms with Gasteiger partial charge in [0.25, 0.3) is 0 Å². The van der Waals surface area contributed by atoms with Crippen LogP contribution < -0.4 is 0 Å². The van der Waals surface area contributed by atoms with Gasteiger partial charge in [-0.2, -0.15) is 0 Å². The molecule has 4 heteroatoms. The number of piperidine rings is 1. The van der Waals surface area contributed by atoms with E-state index in [0.717, 1.165) is 0 Å². The number of rotatable bonds is 0. The molecule has 1 fully saturated rings. The van der Waals surface area contributed by atoms with Crippen LogP contribution in [0.3, 0.4) is 0 Å². The fourth-order valence-corrected chi connectivity index (χ4v) is 2.81. The van der Waals surface area contributed by atoms with Crippen molar-refractivity contribution in [2.45, 2.75) is 78.0 Å². The lowest BCUT2D eigenvalue weighted by atomic mass is 9.79. The minimum atomic E-state index is -0.523. The van der Waals surface area contributed by atoms with Crippen molar-refractivity contribution >= 4 is 11.9 Å². The highest BCUT2D eigenvalue weighted by Gasteiger charge is 2.48. The molecule has 0 radical (unpaired) electrons. The van der Waals surface area contributed by atoms with Crippen molar-refractivity contribution in [2.24, 2.45) is 0 Å². The van der Waals surface area contributed by atoms with Gasteiger partial charge in [-0.15, -0.1) is 0 Å². The Morgan fingerprint density at radius 3 is 1.83 bits per heavy atom. The molecule has 1 rings (SSSR count). The molecule has 0 saturated carbocycles. The number of nitrogens with zero attached hydrogens (tertiary/aromatic N) is 1. The van der Waals surface area contributed by atoms with Crippen LogP contribution in [-0.2, 0) is 9.53 Å². The van der Waals surface area contributed by atoms with Crippen LogP contribution in [0.5, 0.6) is 0 Å². The van der Waals surface area contributed by atoms with Crippen LogP contribution in [0, 0.1) is 0 Å². The van der Waals surface area contributed by atoms with Gasteiger partial charge in [0.2, 0.25) is 0 Å². The first-order valence-electron chi connectivity index (χ1n) is 6.40. The molecule has 1 aliphatic rings. The zero-order valence-electron chi connectivity index (χ0n) is 12.6. The van der Waals surface area contributed by atoms with Gasteiger partial charge in [0.05, 0.1) is 0 Å². The predicted molar refractivity (Wildman–Crippen MR) is 70.5 cm³/mol. The molecular weight excluding hydrogens is 230 g/mol. The van der Waals surface area contributed by atoms with Crippen molar-refractivity contribution in [3.8, 4) is 0 Å². The minimum Gasteiger partial charge on any atom is -0.444 e. The van der Waals surface area contributed by atoms with Crippen molar-refractivity contribution in [3.63, 3.8) is 0 Å². The van der Waals surface area contributed by atoms with Gasteiger partial charge < -0.3 is 4.74 Å². The predicted octanol–water partition coefficient (Wildman–Crippen LogP) is 3.14. The Hall–Kier alpha value is -1.06. The van der Waals surface area contributed by atoms with E-state index < -0.39 is 16.7 Å². The number of carbonyl (C=O) groups is 2. The molecule has 1 heterocycles. The minimum absolute atomic E-state index is 0.199. The molecule has 104 valence electrons. The Kier molecular flexibility index (Phi) is 3.54. The maximum absolute atomic E-state index is 12.3. The number of carbonyl (C=O) groups excluding carboxylic acids is 2. The van der Waals surface area contributed by atoms with E-state index in [1.165, 1.54) is 0 Å². The third-order valence-corrected chi connectivity index (χ3v) is 3.05. The third kappa shape index (κ3) is 3.24. The average molecular weight is 255 g/mol. The number of Topliss-reactive ketones (excluding diaryl/α,β-unsaturated/α-hetero) is 1. The Bertz CT molecular complexity index is 344. The van der Waals surface area contributed by atoms with Gasteiger partial charge in [-0.1, -0.05) is 0 Å². The summed E-state index contributed by atoms with van der Waals surface area (Å²) in [6.45, 7) is 13.2. The Labute approximate surface area is 110 Å². The summed E-state index contributed by atoms with van der Waals surface area (Å²) in [6.07, 6.45) is 0.427. The Morgan fingerprint density at radius 1 is 1.11 bits per heavy atom. The van der Waals surface area contributed by atoms with Crippen LogP contribution in [-0.4, -0.2) is 33.5 Å². The smallest absolute Gasteiger partial charge is 0.411 e. The summed E-state index contributed by atoms with van der Waals surface area (Å²) < 4.78 is 5.46. The van der Waals surface area contributed by atoms with Crippen molar-refractivity contribution in [1.29, 1.82) is 0 Å². The van der Waals surface area contributed by atoms with Crippen LogP contribution in [0.2, 0.25) is 0 Å². The second-order valence-electron chi connectivity index (χ2n) is 7.33. The number of hydrogen-bond acceptors (Lipinski definition) is 3. The van der Waals surface area contributed by atoms with Gasteiger partial charge in [0, 0.05) is 23.9 Å². The SMILES string of the molecule is CC(C)(C)OC(=O)N1C(C)(C)CC(=O)CC1(C)C. The monoisotopic (exact) mass is 255 g/mol. The van der Waals surface area contributed by atoms with E-state index in [4.69, 9.17) is 4.74 Å². The molecule has 0 unspecified atom stereocenters. The summed E-state index contributed by atoms with van der Waals surface area (Å²) in [7, 11) is 0. The van der Waals surface area contributed by atoms with E-state index in [1.54, 1.807) is 4.90 Å². The van der Waals surface area contributed by atoms with E-state index >= 15 is 0 Å². The summed E-state index contributed by atoms with van der Waals surface area (Å²) in [5.74, 6) is 0.199. The summed E-state index contributed by atoms with van der Waals surface area (Å²) in [6, 6.07) is 0. The fraction of sp³-hybridized carbons (Fsp3) is 0.857. The first-order valence-corrected chi connectivity index (χ1v) is 6.40. The van der Waals surface area contributed by atoms with Gasteiger partial charge in [-0.3, -0.25) is 9.69 Å². The molecule has 1 amide bonds. The zero-order valence-corrected chi connectivity index (χ0v) is 12.6. The van der Waals surface area contributed by atoms with Crippen molar-refractivity contribution in [1.82, 2.24) is 4.90 Å². The number of amides is 1. The zero-order chi connectivity index (χ0) is 14.4. The lowest BCUT2D eigenvalue weighted by molar-refractivity contribution is -0.132. The van der Waals surface area contributed by atoms with Crippen LogP contribution in [0.25, 0.3) is 0 Å².